The van der Waals surface area contributed by atoms with Gasteiger partial charge in [0, 0.05) is 6.42 Å². The number of likely N-dealkylation sites (tertiary alicyclic amines) is 1. The van der Waals surface area contributed by atoms with Crippen LogP contribution in [0, 0.1) is 0 Å². The summed E-state index contributed by atoms with van der Waals surface area (Å²) in [5, 5.41) is 21.0. The van der Waals surface area contributed by atoms with Crippen LogP contribution in [0.1, 0.15) is 47.5 Å². The Balaban J connectivity index is 0.000000697. The standard InChI is InChI=1S/C19H36NO7Si.CHF3O3S/c1-18(2,3)27-17(24)20(28(6,7)8)12(9-10-14(20)22)15(23)16-13(11-21)25-19(4,5)26-16;2-1(3,4)8(5,6)7/h12-13,15-16,21,23H,9-11H2,1-8H3;(H,5,6,7)/q+1;/p-1/t12-,13-,15-,16+,20?;/m0./s1. The Morgan fingerprint density at radius 2 is 1.72 bits per heavy atom. The van der Waals surface area contributed by atoms with Crippen LogP contribution in [-0.2, 0) is 29.1 Å². The fourth-order valence-electron chi connectivity index (χ4n) is 4.46. The number of hydrogen-bond acceptors (Lipinski definition) is 10. The number of carbonyl (C=O) groups excluding carboxylic acids is 2. The van der Waals surface area contributed by atoms with E-state index < -0.39 is 69.8 Å². The van der Waals surface area contributed by atoms with Gasteiger partial charge in [-0.3, -0.25) is 0 Å². The van der Waals surface area contributed by atoms with E-state index in [-0.39, 0.29) is 18.9 Å². The van der Waals surface area contributed by atoms with Crippen LogP contribution >= 0.6 is 0 Å². The van der Waals surface area contributed by atoms with Gasteiger partial charge in [-0.25, -0.2) is 17.4 Å². The number of ether oxygens (including phenoxy) is 3. The van der Waals surface area contributed by atoms with E-state index >= 15 is 0 Å². The van der Waals surface area contributed by atoms with Crippen LogP contribution in [0.4, 0.5) is 18.0 Å². The van der Waals surface area contributed by atoms with Crippen LogP contribution in [0.5, 0.6) is 0 Å². The van der Waals surface area contributed by atoms with Crippen LogP contribution in [0.25, 0.3) is 0 Å². The summed E-state index contributed by atoms with van der Waals surface area (Å²) in [4.78, 5) is 26.5. The molecule has 2 aliphatic heterocycles. The maximum atomic E-state index is 13.4. The van der Waals surface area contributed by atoms with Gasteiger partial charge >= 0.3 is 17.5 Å². The smallest absolute Gasteiger partial charge is 0.506 e. The fraction of sp³-hybridized carbons (Fsp3) is 0.900. The summed E-state index contributed by atoms with van der Waals surface area (Å²) < 4.78 is 75.6. The topological polar surface area (TPSA) is 159 Å². The highest BCUT2D eigenvalue weighted by atomic mass is 32.2. The van der Waals surface area contributed by atoms with Crippen molar-refractivity contribution in [2.24, 2.45) is 0 Å². The van der Waals surface area contributed by atoms with Gasteiger partial charge in [0.1, 0.15) is 30.0 Å². The van der Waals surface area contributed by atoms with Crippen molar-refractivity contribution in [3.05, 3.63) is 0 Å². The van der Waals surface area contributed by atoms with Crippen molar-refractivity contribution in [2.45, 2.75) is 108 Å². The molecule has 0 bridgehead atoms. The average Bonchev–Trinajstić information content (AvgIpc) is 3.14. The molecule has 2 fully saturated rings. The largest absolute Gasteiger partial charge is 0.741 e. The van der Waals surface area contributed by atoms with E-state index in [0.29, 0.717) is 6.42 Å². The van der Waals surface area contributed by atoms with Gasteiger partial charge in [0.25, 0.3) is 8.24 Å². The third-order valence-corrected chi connectivity index (χ3v) is 9.15. The van der Waals surface area contributed by atoms with Gasteiger partial charge in [-0.2, -0.15) is 18.0 Å². The lowest BCUT2D eigenvalue weighted by molar-refractivity contribution is -0.709. The number of amides is 2. The SMILES string of the molecule is CC(C)(C)OC(=O)[N+]1([Si](C)(C)C)C(=O)CC[C@H]1[C@H](O)[C@@H]1OC(C)(C)O[C@H]1CO.O=S(=O)([O-])C(F)(F)F. The number of imide groups is 1. The number of nitrogens with zero attached hydrogens (tertiary/aromatic N) is 1. The molecule has 2 rings (SSSR count). The second-order valence-electron chi connectivity index (χ2n) is 11.1. The van der Waals surface area contributed by atoms with E-state index in [2.05, 4.69) is 0 Å². The molecule has 0 aliphatic carbocycles. The predicted molar refractivity (Wildman–Crippen MR) is 121 cm³/mol. The molecule has 0 aromatic rings. The summed E-state index contributed by atoms with van der Waals surface area (Å²) in [6.07, 6.45) is -2.81. The summed E-state index contributed by atoms with van der Waals surface area (Å²) >= 11 is 0. The van der Waals surface area contributed by atoms with Crippen molar-refractivity contribution in [1.82, 2.24) is 0 Å². The van der Waals surface area contributed by atoms with E-state index in [1.165, 1.54) is 0 Å². The minimum Gasteiger partial charge on any atom is -0.741 e. The zero-order valence-corrected chi connectivity index (χ0v) is 23.4. The third-order valence-electron chi connectivity index (χ3n) is 5.70. The van der Waals surface area contributed by atoms with E-state index in [1.807, 2.05) is 19.6 Å². The first-order valence-electron chi connectivity index (χ1n) is 11.1. The van der Waals surface area contributed by atoms with Gasteiger partial charge < -0.3 is 29.0 Å². The number of aliphatic hydroxyl groups excluding tert-OH is 2. The van der Waals surface area contributed by atoms with Gasteiger partial charge in [-0.1, -0.05) is 0 Å². The molecule has 2 amide bonds. The second kappa shape index (κ2) is 10.6. The molecule has 1 unspecified atom stereocenters. The number of carbonyl (C=O) groups is 2. The van der Waals surface area contributed by atoms with Crippen molar-refractivity contribution in [3.8, 4) is 0 Å². The molecule has 2 aliphatic rings. The molecule has 36 heavy (non-hydrogen) atoms. The first-order valence-corrected chi connectivity index (χ1v) is 16.0. The Bertz CT molecular complexity index is 929. The third kappa shape index (κ3) is 7.03. The fourth-order valence-corrected chi connectivity index (χ4v) is 7.19. The minimum atomic E-state index is -6.09. The van der Waals surface area contributed by atoms with Gasteiger partial charge in [-0.15, -0.1) is 0 Å². The Hall–Kier alpha value is -1.14. The van der Waals surface area contributed by atoms with Crippen molar-refractivity contribution < 1.29 is 64.3 Å². The van der Waals surface area contributed by atoms with E-state index in [9.17, 15) is 33.0 Å². The lowest BCUT2D eigenvalue weighted by Gasteiger charge is -2.46. The molecule has 2 saturated heterocycles. The van der Waals surface area contributed by atoms with Crippen LogP contribution in [0.15, 0.2) is 0 Å². The molecule has 11 nitrogen and oxygen atoms in total. The van der Waals surface area contributed by atoms with Gasteiger partial charge in [-0.05, 0) is 54.3 Å². The Kier molecular flexibility index (Phi) is 9.64. The zero-order chi connectivity index (χ0) is 28.7. The average molecular weight is 568 g/mol. The van der Waals surface area contributed by atoms with Crippen molar-refractivity contribution in [3.63, 3.8) is 0 Å². The van der Waals surface area contributed by atoms with Gasteiger partial charge in [0.2, 0.25) is 0 Å². The van der Waals surface area contributed by atoms with Crippen molar-refractivity contribution in [1.29, 1.82) is 0 Å². The predicted octanol–water partition coefficient (Wildman–Crippen LogP) is 2.19. The molecule has 2 N–H and O–H groups in total. The Morgan fingerprint density at radius 3 is 2.08 bits per heavy atom. The number of quaternary nitrogens is 1. The molecular weight excluding hydrogens is 531 g/mol. The summed E-state index contributed by atoms with van der Waals surface area (Å²) in [6, 6.07) is -0.703. The van der Waals surface area contributed by atoms with Crippen LogP contribution in [0.2, 0.25) is 19.6 Å². The molecule has 0 aromatic heterocycles. The Morgan fingerprint density at radius 1 is 1.25 bits per heavy atom. The highest BCUT2D eigenvalue weighted by Gasteiger charge is 2.68. The van der Waals surface area contributed by atoms with Crippen LogP contribution < -0.4 is 0 Å². The molecule has 0 radical (unpaired) electrons. The van der Waals surface area contributed by atoms with E-state index in [1.54, 1.807) is 34.6 Å². The number of halogens is 3. The lowest BCUT2D eigenvalue weighted by atomic mass is 9.99. The maximum Gasteiger partial charge on any atom is 0.506 e. The Labute approximate surface area is 209 Å². The summed E-state index contributed by atoms with van der Waals surface area (Å²) in [6.45, 7) is 14.2. The van der Waals surface area contributed by atoms with Crippen LogP contribution in [-0.4, -0.2) is 95.4 Å². The number of rotatable bonds is 4. The minimum absolute atomic E-state index is 0.187. The number of alkyl halides is 3. The van der Waals surface area contributed by atoms with E-state index in [0.717, 1.165) is 0 Å². The molecule has 16 heteroatoms. The molecule has 0 saturated carbocycles. The number of aliphatic hydroxyl groups is 2. The molecule has 5 atom stereocenters. The highest BCUT2D eigenvalue weighted by molar-refractivity contribution is 7.86. The number of hydrogen-bond donors (Lipinski definition) is 2. The first kappa shape index (κ1) is 32.9. The van der Waals surface area contributed by atoms with E-state index in [4.69, 9.17) is 27.2 Å². The monoisotopic (exact) mass is 567 g/mol. The summed E-state index contributed by atoms with van der Waals surface area (Å²) in [5.41, 5.74) is -6.41. The second-order valence-corrected chi connectivity index (χ2v) is 17.5. The maximum absolute atomic E-state index is 13.4. The lowest BCUT2D eigenvalue weighted by Crippen LogP contribution is -2.75. The van der Waals surface area contributed by atoms with Crippen molar-refractivity contribution >= 4 is 30.4 Å². The van der Waals surface area contributed by atoms with Crippen LogP contribution in [0.3, 0.4) is 0 Å². The first-order chi connectivity index (χ1) is 15.8. The normalized spacial score (nSPS) is 29.9. The van der Waals surface area contributed by atoms with Crippen molar-refractivity contribution in [2.75, 3.05) is 6.61 Å². The molecule has 212 valence electrons. The molecule has 2 heterocycles. The molecular formula is C20H36F3NO10SSi. The van der Waals surface area contributed by atoms with Gasteiger partial charge in [0.15, 0.2) is 15.9 Å². The van der Waals surface area contributed by atoms with Gasteiger partial charge in [0.05, 0.1) is 13.0 Å². The summed E-state index contributed by atoms with van der Waals surface area (Å²) in [7, 11) is -8.64. The summed E-state index contributed by atoms with van der Waals surface area (Å²) in [5.74, 6) is -1.20. The highest BCUT2D eigenvalue weighted by Crippen LogP contribution is 2.42. The zero-order valence-electron chi connectivity index (χ0n) is 21.6. The quantitative estimate of drug-likeness (QED) is 0.293. The molecule has 0 spiro atoms. The molecule has 0 aromatic carbocycles.